The molecule has 1 aromatic rings. The van der Waals surface area contributed by atoms with Crippen molar-refractivity contribution in [3.8, 4) is 0 Å². The zero-order chi connectivity index (χ0) is 14.7. The van der Waals surface area contributed by atoms with Crippen molar-refractivity contribution in [3.05, 3.63) is 29.3 Å². The minimum atomic E-state index is 0.663. The van der Waals surface area contributed by atoms with E-state index in [-0.39, 0.29) is 0 Å². The molecule has 1 N–H and O–H groups in total. The summed E-state index contributed by atoms with van der Waals surface area (Å²) in [7, 11) is 0. The van der Waals surface area contributed by atoms with Crippen LogP contribution in [0.4, 0.5) is 5.69 Å². The molecule has 0 spiro atoms. The number of rotatable bonds is 5. The number of hydrogen-bond acceptors (Lipinski definition) is 2. The second-order valence-electron chi connectivity index (χ2n) is 7.00. The standard InChI is InChI=1S/C18H30N2/c1-13(2)10-19-11-17-9-14(3)6-7-18(17)20-12-15(4)8-16(20)5/h6-7,9,13,15-16,19H,8,10-12H2,1-5H3. The van der Waals surface area contributed by atoms with Gasteiger partial charge in [-0.15, -0.1) is 0 Å². The average Bonchev–Trinajstić information content (AvgIpc) is 2.68. The van der Waals surface area contributed by atoms with Gasteiger partial charge in [-0.3, -0.25) is 0 Å². The molecule has 1 fully saturated rings. The van der Waals surface area contributed by atoms with Gasteiger partial charge in [0.2, 0.25) is 0 Å². The number of hydrogen-bond donors (Lipinski definition) is 1. The molecular formula is C18H30N2. The highest BCUT2D eigenvalue weighted by atomic mass is 15.2. The fourth-order valence-electron chi connectivity index (χ4n) is 3.27. The molecule has 1 heterocycles. The molecule has 0 aromatic heterocycles. The van der Waals surface area contributed by atoms with Crippen LogP contribution in [0, 0.1) is 18.8 Å². The maximum Gasteiger partial charge on any atom is 0.0414 e. The van der Waals surface area contributed by atoms with Crippen molar-refractivity contribution in [2.45, 2.75) is 53.6 Å². The van der Waals surface area contributed by atoms with Crippen molar-refractivity contribution in [2.75, 3.05) is 18.0 Å². The summed E-state index contributed by atoms with van der Waals surface area (Å²) >= 11 is 0. The molecule has 0 bridgehead atoms. The molecule has 2 atom stereocenters. The van der Waals surface area contributed by atoms with Crippen LogP contribution in [0.15, 0.2) is 18.2 Å². The SMILES string of the molecule is Cc1ccc(N2CC(C)CC2C)c(CNCC(C)C)c1. The summed E-state index contributed by atoms with van der Waals surface area (Å²) in [4.78, 5) is 2.59. The highest BCUT2D eigenvalue weighted by Crippen LogP contribution is 2.31. The number of anilines is 1. The van der Waals surface area contributed by atoms with E-state index >= 15 is 0 Å². The lowest BCUT2D eigenvalue weighted by Crippen LogP contribution is -2.29. The molecule has 1 aliphatic heterocycles. The maximum atomic E-state index is 3.59. The van der Waals surface area contributed by atoms with E-state index in [2.05, 4.69) is 63.0 Å². The molecule has 0 amide bonds. The normalized spacial score (nSPS) is 22.8. The van der Waals surface area contributed by atoms with Gasteiger partial charge in [0.25, 0.3) is 0 Å². The topological polar surface area (TPSA) is 15.3 Å². The van der Waals surface area contributed by atoms with Gasteiger partial charge < -0.3 is 10.2 Å². The molecule has 112 valence electrons. The third kappa shape index (κ3) is 3.76. The van der Waals surface area contributed by atoms with E-state index < -0.39 is 0 Å². The van der Waals surface area contributed by atoms with Crippen LogP contribution < -0.4 is 10.2 Å². The van der Waals surface area contributed by atoms with Crippen LogP contribution in [0.1, 0.15) is 45.2 Å². The quantitative estimate of drug-likeness (QED) is 0.874. The van der Waals surface area contributed by atoms with Crippen LogP contribution in [0.25, 0.3) is 0 Å². The number of nitrogens with zero attached hydrogens (tertiary/aromatic N) is 1. The van der Waals surface area contributed by atoms with Gasteiger partial charge in [0.15, 0.2) is 0 Å². The van der Waals surface area contributed by atoms with E-state index in [1.807, 2.05) is 0 Å². The number of nitrogens with one attached hydrogen (secondary N) is 1. The summed E-state index contributed by atoms with van der Waals surface area (Å²) in [5.41, 5.74) is 4.24. The van der Waals surface area contributed by atoms with Crippen molar-refractivity contribution < 1.29 is 0 Å². The van der Waals surface area contributed by atoms with Gasteiger partial charge in [-0.05, 0) is 50.3 Å². The highest BCUT2D eigenvalue weighted by Gasteiger charge is 2.27. The predicted molar refractivity (Wildman–Crippen MR) is 88.3 cm³/mol. The van der Waals surface area contributed by atoms with E-state index in [1.54, 1.807) is 0 Å². The molecule has 2 rings (SSSR count). The van der Waals surface area contributed by atoms with Gasteiger partial charge in [-0.25, -0.2) is 0 Å². The fourth-order valence-corrected chi connectivity index (χ4v) is 3.27. The van der Waals surface area contributed by atoms with Gasteiger partial charge in [0.1, 0.15) is 0 Å². The fraction of sp³-hybridized carbons (Fsp3) is 0.667. The summed E-state index contributed by atoms with van der Waals surface area (Å²) in [5, 5.41) is 3.59. The molecule has 0 saturated carbocycles. The molecule has 2 nitrogen and oxygen atoms in total. The largest absolute Gasteiger partial charge is 0.368 e. The summed E-state index contributed by atoms with van der Waals surface area (Å²) in [6.45, 7) is 14.7. The molecule has 0 aliphatic carbocycles. The Morgan fingerprint density at radius 3 is 2.65 bits per heavy atom. The third-order valence-corrected chi connectivity index (χ3v) is 4.20. The molecule has 1 aromatic carbocycles. The van der Waals surface area contributed by atoms with Gasteiger partial charge in [-0.2, -0.15) is 0 Å². The van der Waals surface area contributed by atoms with Crippen LogP contribution in [0.3, 0.4) is 0 Å². The Morgan fingerprint density at radius 1 is 1.30 bits per heavy atom. The van der Waals surface area contributed by atoms with Crippen molar-refractivity contribution in [2.24, 2.45) is 11.8 Å². The Bertz CT molecular complexity index is 439. The van der Waals surface area contributed by atoms with E-state index in [4.69, 9.17) is 0 Å². The van der Waals surface area contributed by atoms with Gasteiger partial charge in [0.05, 0.1) is 0 Å². The van der Waals surface area contributed by atoms with E-state index in [9.17, 15) is 0 Å². The van der Waals surface area contributed by atoms with Crippen LogP contribution >= 0.6 is 0 Å². The Labute approximate surface area is 124 Å². The molecular weight excluding hydrogens is 244 g/mol. The van der Waals surface area contributed by atoms with Crippen LogP contribution in [-0.2, 0) is 6.54 Å². The molecule has 2 heteroatoms. The Morgan fingerprint density at radius 2 is 2.05 bits per heavy atom. The molecule has 1 aliphatic rings. The summed E-state index contributed by atoms with van der Waals surface area (Å²) < 4.78 is 0. The van der Waals surface area contributed by atoms with Crippen molar-refractivity contribution in [1.29, 1.82) is 0 Å². The first kappa shape index (κ1) is 15.4. The summed E-state index contributed by atoms with van der Waals surface area (Å²) in [5.74, 6) is 1.51. The van der Waals surface area contributed by atoms with Crippen LogP contribution in [0.5, 0.6) is 0 Å². The molecule has 0 radical (unpaired) electrons. The molecule has 20 heavy (non-hydrogen) atoms. The lowest BCUT2D eigenvalue weighted by atomic mass is 10.1. The van der Waals surface area contributed by atoms with E-state index in [0.717, 1.165) is 19.0 Å². The predicted octanol–water partition coefficient (Wildman–Crippen LogP) is 3.98. The molecule has 2 unspecified atom stereocenters. The minimum Gasteiger partial charge on any atom is -0.368 e. The smallest absolute Gasteiger partial charge is 0.0414 e. The van der Waals surface area contributed by atoms with Crippen LogP contribution in [0.2, 0.25) is 0 Å². The second kappa shape index (κ2) is 6.62. The zero-order valence-corrected chi connectivity index (χ0v) is 13.7. The zero-order valence-electron chi connectivity index (χ0n) is 13.7. The highest BCUT2D eigenvalue weighted by molar-refractivity contribution is 5.56. The van der Waals surface area contributed by atoms with Crippen LogP contribution in [-0.4, -0.2) is 19.1 Å². The number of benzene rings is 1. The maximum absolute atomic E-state index is 3.59. The Balaban J connectivity index is 2.15. The Hall–Kier alpha value is -1.02. The second-order valence-corrected chi connectivity index (χ2v) is 7.00. The van der Waals surface area contributed by atoms with Gasteiger partial charge >= 0.3 is 0 Å². The van der Waals surface area contributed by atoms with Crippen molar-refractivity contribution >= 4 is 5.69 Å². The summed E-state index contributed by atoms with van der Waals surface area (Å²) in [6.07, 6.45) is 1.31. The minimum absolute atomic E-state index is 0.663. The first-order chi connectivity index (χ1) is 9.47. The third-order valence-electron chi connectivity index (χ3n) is 4.20. The molecule has 1 saturated heterocycles. The van der Waals surface area contributed by atoms with E-state index in [1.165, 1.54) is 29.8 Å². The first-order valence-electron chi connectivity index (χ1n) is 8.04. The van der Waals surface area contributed by atoms with Gasteiger partial charge in [0, 0.05) is 24.8 Å². The Kier molecular flexibility index (Phi) is 5.09. The van der Waals surface area contributed by atoms with Crippen molar-refractivity contribution in [3.63, 3.8) is 0 Å². The lowest BCUT2D eigenvalue weighted by molar-refractivity contribution is 0.551. The van der Waals surface area contributed by atoms with E-state index in [0.29, 0.717) is 12.0 Å². The van der Waals surface area contributed by atoms with Crippen molar-refractivity contribution in [1.82, 2.24) is 5.32 Å². The first-order valence-corrected chi connectivity index (χ1v) is 8.04. The monoisotopic (exact) mass is 274 g/mol. The lowest BCUT2D eigenvalue weighted by Gasteiger charge is -2.27. The number of aryl methyl sites for hydroxylation is 1. The average molecular weight is 274 g/mol. The van der Waals surface area contributed by atoms with Gasteiger partial charge in [-0.1, -0.05) is 38.5 Å². The summed E-state index contributed by atoms with van der Waals surface area (Å²) in [6, 6.07) is 7.57.